The number of carbonyl (C=O) groups excluding carboxylic acids is 1. The maximum atomic E-state index is 13.1. The highest BCUT2D eigenvalue weighted by Crippen LogP contribution is 2.15. The molecule has 7 heteroatoms. The summed E-state index contributed by atoms with van der Waals surface area (Å²) in [5.41, 5.74) is 0.213. The molecule has 2 rings (SSSR count). The summed E-state index contributed by atoms with van der Waals surface area (Å²) in [6.45, 7) is 1.02. The summed E-state index contributed by atoms with van der Waals surface area (Å²) in [5, 5.41) is 3.15. The van der Waals surface area contributed by atoms with Crippen LogP contribution in [0.4, 0.5) is 14.5 Å². The van der Waals surface area contributed by atoms with E-state index >= 15 is 0 Å². The van der Waals surface area contributed by atoms with Crippen LogP contribution in [0.3, 0.4) is 0 Å². The average molecular weight is 355 g/mol. The monoisotopic (exact) mass is 354 g/mol. The van der Waals surface area contributed by atoms with Gasteiger partial charge in [0.2, 0.25) is 5.91 Å². The summed E-state index contributed by atoms with van der Waals surface area (Å²) in [4.78, 5) is 13.6. The Kier molecular flexibility index (Phi) is 6.52. The van der Waals surface area contributed by atoms with Gasteiger partial charge in [0, 0.05) is 23.3 Å². The Bertz CT molecular complexity index is 695. The van der Waals surface area contributed by atoms with Gasteiger partial charge in [0.15, 0.2) is 11.6 Å². The standard InChI is InChI=1S/C17H17ClF2N2O2/c1-22(8-9-24-14-5-2-12(18)3-6-14)11-17(23)21-13-4-7-15(19)16(20)10-13/h2-7,10H,8-9,11H2,1H3,(H,21,23). The number of nitrogens with one attached hydrogen (secondary N) is 1. The van der Waals surface area contributed by atoms with Gasteiger partial charge in [-0.3, -0.25) is 9.69 Å². The first kappa shape index (κ1) is 18.2. The largest absolute Gasteiger partial charge is 0.492 e. The molecule has 0 heterocycles. The fourth-order valence-corrected chi connectivity index (χ4v) is 2.07. The minimum atomic E-state index is -1.00. The predicted molar refractivity (Wildman–Crippen MR) is 89.4 cm³/mol. The first-order valence-corrected chi connectivity index (χ1v) is 7.63. The second-order valence-corrected chi connectivity index (χ2v) is 5.65. The fourth-order valence-electron chi connectivity index (χ4n) is 1.95. The van der Waals surface area contributed by atoms with Crippen LogP contribution in [-0.2, 0) is 4.79 Å². The number of benzene rings is 2. The Balaban J connectivity index is 1.72. The van der Waals surface area contributed by atoms with Crippen molar-refractivity contribution in [3.63, 3.8) is 0 Å². The van der Waals surface area contributed by atoms with E-state index in [-0.39, 0.29) is 18.1 Å². The van der Waals surface area contributed by atoms with Gasteiger partial charge in [-0.25, -0.2) is 8.78 Å². The molecule has 0 bridgehead atoms. The molecule has 0 aliphatic carbocycles. The molecular weight excluding hydrogens is 338 g/mol. The average Bonchev–Trinajstić information content (AvgIpc) is 2.53. The lowest BCUT2D eigenvalue weighted by atomic mass is 10.3. The van der Waals surface area contributed by atoms with Gasteiger partial charge >= 0.3 is 0 Å². The van der Waals surface area contributed by atoms with Gasteiger partial charge in [-0.15, -0.1) is 0 Å². The van der Waals surface area contributed by atoms with Crippen LogP contribution < -0.4 is 10.1 Å². The first-order chi connectivity index (χ1) is 11.4. The van der Waals surface area contributed by atoms with E-state index in [0.717, 1.165) is 12.1 Å². The number of hydrogen-bond donors (Lipinski definition) is 1. The third-order valence-corrected chi connectivity index (χ3v) is 3.42. The van der Waals surface area contributed by atoms with Gasteiger partial charge in [0.25, 0.3) is 0 Å². The van der Waals surface area contributed by atoms with Crippen molar-refractivity contribution < 1.29 is 18.3 Å². The third-order valence-electron chi connectivity index (χ3n) is 3.17. The van der Waals surface area contributed by atoms with Crippen LogP contribution in [0, 0.1) is 11.6 Å². The van der Waals surface area contributed by atoms with Crippen LogP contribution in [0.2, 0.25) is 5.02 Å². The highest BCUT2D eigenvalue weighted by molar-refractivity contribution is 6.30. The maximum Gasteiger partial charge on any atom is 0.238 e. The second-order valence-electron chi connectivity index (χ2n) is 5.22. The van der Waals surface area contributed by atoms with E-state index in [9.17, 15) is 13.6 Å². The smallest absolute Gasteiger partial charge is 0.238 e. The molecule has 2 aromatic rings. The first-order valence-electron chi connectivity index (χ1n) is 7.26. The zero-order valence-electron chi connectivity index (χ0n) is 13.1. The van der Waals surface area contributed by atoms with Crippen LogP contribution in [0.25, 0.3) is 0 Å². The van der Waals surface area contributed by atoms with E-state index in [2.05, 4.69) is 5.32 Å². The Morgan fingerprint density at radius 2 is 1.88 bits per heavy atom. The summed E-state index contributed by atoms with van der Waals surface area (Å²) in [6, 6.07) is 10.2. The molecule has 0 saturated carbocycles. The highest BCUT2D eigenvalue weighted by atomic mass is 35.5. The van der Waals surface area contributed by atoms with Gasteiger partial charge in [-0.2, -0.15) is 0 Å². The number of rotatable bonds is 7. The number of nitrogens with zero attached hydrogens (tertiary/aromatic N) is 1. The molecule has 1 N–H and O–H groups in total. The molecule has 0 aromatic heterocycles. The highest BCUT2D eigenvalue weighted by Gasteiger charge is 2.09. The number of amides is 1. The van der Waals surface area contributed by atoms with Crippen LogP contribution >= 0.6 is 11.6 Å². The van der Waals surface area contributed by atoms with Gasteiger partial charge in [0.1, 0.15) is 12.4 Å². The van der Waals surface area contributed by atoms with Crippen molar-refractivity contribution in [1.29, 1.82) is 0 Å². The quantitative estimate of drug-likeness (QED) is 0.826. The van der Waals surface area contributed by atoms with Gasteiger partial charge < -0.3 is 10.1 Å². The number of ether oxygens (including phenoxy) is 1. The second kappa shape index (κ2) is 8.61. The lowest BCUT2D eigenvalue weighted by molar-refractivity contribution is -0.117. The van der Waals surface area contributed by atoms with Crippen molar-refractivity contribution in [2.45, 2.75) is 0 Å². The summed E-state index contributed by atoms with van der Waals surface area (Å²) in [7, 11) is 1.76. The summed E-state index contributed by atoms with van der Waals surface area (Å²) < 4.78 is 31.5. The van der Waals surface area contributed by atoms with Crippen molar-refractivity contribution in [3.8, 4) is 5.75 Å². The Labute approximate surface area is 144 Å². The molecule has 0 aliphatic heterocycles. The molecule has 2 aromatic carbocycles. The minimum absolute atomic E-state index is 0.100. The Morgan fingerprint density at radius 3 is 2.54 bits per heavy atom. The molecule has 0 spiro atoms. The van der Waals surface area contributed by atoms with E-state index in [1.54, 1.807) is 36.2 Å². The van der Waals surface area contributed by atoms with E-state index in [1.165, 1.54) is 6.07 Å². The van der Waals surface area contributed by atoms with Crippen LogP contribution in [0.1, 0.15) is 0 Å². The lowest BCUT2D eigenvalue weighted by Gasteiger charge is -2.16. The number of likely N-dealkylation sites (N-methyl/N-ethyl adjacent to an activating group) is 1. The molecule has 4 nitrogen and oxygen atoms in total. The molecule has 0 unspecified atom stereocenters. The minimum Gasteiger partial charge on any atom is -0.492 e. The van der Waals surface area contributed by atoms with E-state index in [0.29, 0.717) is 23.9 Å². The molecule has 128 valence electrons. The fraction of sp³-hybridized carbons (Fsp3) is 0.235. The zero-order chi connectivity index (χ0) is 17.5. The summed E-state index contributed by atoms with van der Waals surface area (Å²) in [5.74, 6) is -1.59. The summed E-state index contributed by atoms with van der Waals surface area (Å²) >= 11 is 5.79. The number of carbonyl (C=O) groups is 1. The lowest BCUT2D eigenvalue weighted by Crippen LogP contribution is -2.33. The van der Waals surface area contributed by atoms with Gasteiger partial charge in [-0.1, -0.05) is 11.6 Å². The molecule has 0 aliphatic rings. The van der Waals surface area contributed by atoms with Crippen molar-refractivity contribution >= 4 is 23.2 Å². The molecule has 0 saturated heterocycles. The van der Waals surface area contributed by atoms with E-state index < -0.39 is 11.6 Å². The van der Waals surface area contributed by atoms with Gasteiger partial charge in [0.05, 0.1) is 6.54 Å². The molecule has 0 atom stereocenters. The maximum absolute atomic E-state index is 13.1. The molecule has 24 heavy (non-hydrogen) atoms. The van der Waals surface area contributed by atoms with Crippen LogP contribution in [0.15, 0.2) is 42.5 Å². The van der Waals surface area contributed by atoms with Crippen LogP contribution in [0.5, 0.6) is 5.75 Å². The van der Waals surface area contributed by atoms with Gasteiger partial charge in [-0.05, 0) is 43.4 Å². The number of anilines is 1. The van der Waals surface area contributed by atoms with E-state index in [4.69, 9.17) is 16.3 Å². The van der Waals surface area contributed by atoms with E-state index in [1.807, 2.05) is 0 Å². The van der Waals surface area contributed by atoms with Crippen molar-refractivity contribution in [1.82, 2.24) is 4.90 Å². The topological polar surface area (TPSA) is 41.6 Å². The zero-order valence-corrected chi connectivity index (χ0v) is 13.8. The number of hydrogen-bond acceptors (Lipinski definition) is 3. The Morgan fingerprint density at radius 1 is 1.17 bits per heavy atom. The van der Waals surface area contributed by atoms with Crippen molar-refractivity contribution in [2.75, 3.05) is 32.1 Å². The molecule has 1 amide bonds. The van der Waals surface area contributed by atoms with Crippen molar-refractivity contribution in [3.05, 3.63) is 59.1 Å². The number of halogens is 3. The normalized spacial score (nSPS) is 10.7. The predicted octanol–water partition coefficient (Wildman–Crippen LogP) is 3.57. The van der Waals surface area contributed by atoms with Crippen LogP contribution in [-0.4, -0.2) is 37.6 Å². The SMILES string of the molecule is CN(CCOc1ccc(Cl)cc1)CC(=O)Nc1ccc(F)c(F)c1. The van der Waals surface area contributed by atoms with Crippen molar-refractivity contribution in [2.24, 2.45) is 0 Å². The summed E-state index contributed by atoms with van der Waals surface area (Å²) in [6.07, 6.45) is 0. The molecule has 0 fully saturated rings. The molecule has 0 radical (unpaired) electrons. The Hall–Kier alpha value is -2.18. The molecular formula is C17H17ClF2N2O2. The third kappa shape index (κ3) is 5.79.